The van der Waals surface area contributed by atoms with Crippen LogP contribution >= 0.6 is 0 Å². The van der Waals surface area contributed by atoms with Gasteiger partial charge in [0.2, 0.25) is 0 Å². The number of aryl methyl sites for hydroxylation is 2. The van der Waals surface area contributed by atoms with Crippen LogP contribution in [0.15, 0.2) is 24.5 Å². The third-order valence-corrected chi connectivity index (χ3v) is 3.41. The number of aromatic nitrogens is 2. The first-order valence-corrected chi connectivity index (χ1v) is 8.59. The third kappa shape index (κ3) is 5.40. The van der Waals surface area contributed by atoms with Crippen molar-refractivity contribution in [1.82, 2.24) is 9.97 Å². The van der Waals surface area contributed by atoms with Crippen LogP contribution in [0.2, 0.25) is 0 Å². The first kappa shape index (κ1) is 21.1. The van der Waals surface area contributed by atoms with Crippen LogP contribution in [-0.4, -0.2) is 46.7 Å². The van der Waals surface area contributed by atoms with E-state index in [9.17, 15) is 9.59 Å². The average molecular weight is 390 g/mol. The van der Waals surface area contributed by atoms with Crippen molar-refractivity contribution in [2.24, 2.45) is 0 Å². The molecule has 0 atom stereocenters. The van der Waals surface area contributed by atoms with Crippen LogP contribution in [0.25, 0.3) is 11.1 Å². The molecule has 0 amide bonds. The van der Waals surface area contributed by atoms with E-state index in [0.717, 1.165) is 0 Å². The Hall–Kier alpha value is -3.20. The summed E-state index contributed by atoms with van der Waals surface area (Å²) in [6.07, 6.45) is 0.790. The van der Waals surface area contributed by atoms with Crippen molar-refractivity contribution in [3.05, 3.63) is 35.9 Å². The molecule has 0 bridgehead atoms. The first-order valence-electron chi connectivity index (χ1n) is 8.59. The number of rotatable bonds is 6. The second kappa shape index (κ2) is 9.65. The fourth-order valence-corrected chi connectivity index (χ4v) is 2.38. The van der Waals surface area contributed by atoms with Crippen LogP contribution in [0.4, 0.5) is 9.59 Å². The fourth-order valence-electron chi connectivity index (χ4n) is 2.38. The predicted octanol–water partition coefficient (Wildman–Crippen LogP) is 3.19. The van der Waals surface area contributed by atoms with Crippen molar-refractivity contribution < 1.29 is 33.6 Å². The number of carbonyl (C=O) groups excluding carboxylic acids is 2. The average Bonchev–Trinajstić information content (AvgIpc) is 2.64. The molecule has 0 radical (unpaired) electrons. The molecule has 2 aromatic heterocycles. The van der Waals surface area contributed by atoms with Gasteiger partial charge in [-0.2, -0.15) is 0 Å². The van der Waals surface area contributed by atoms with Gasteiger partial charge in [0.15, 0.2) is 11.5 Å². The summed E-state index contributed by atoms with van der Waals surface area (Å²) in [5, 5.41) is 8.80. The van der Waals surface area contributed by atoms with Gasteiger partial charge in [0, 0.05) is 18.0 Å². The summed E-state index contributed by atoms with van der Waals surface area (Å²) in [6, 6.07) is 3.40. The SMILES string of the molecule is Cc1nc(C)c(OC(=O)OC(C)C)c(-c2cccnc2)c1OC(=O)OCCO. The Balaban J connectivity index is 2.55. The molecule has 0 unspecified atom stereocenters. The largest absolute Gasteiger partial charge is 0.514 e. The summed E-state index contributed by atoms with van der Waals surface area (Å²) < 4.78 is 20.5. The topological polar surface area (TPSA) is 117 Å². The van der Waals surface area contributed by atoms with Crippen molar-refractivity contribution in [3.8, 4) is 22.6 Å². The molecule has 0 aliphatic carbocycles. The zero-order valence-corrected chi connectivity index (χ0v) is 16.1. The predicted molar refractivity (Wildman–Crippen MR) is 98.2 cm³/mol. The molecular formula is C19H22N2O7. The number of ether oxygens (including phenoxy) is 4. The molecule has 9 heteroatoms. The maximum Gasteiger partial charge on any atom is 0.514 e. The van der Waals surface area contributed by atoms with Gasteiger partial charge in [-0.1, -0.05) is 6.07 Å². The number of carbonyl (C=O) groups is 2. The number of hydrogen-bond donors (Lipinski definition) is 1. The number of aliphatic hydroxyl groups excluding tert-OH is 1. The molecule has 1 N–H and O–H groups in total. The molecule has 0 aliphatic rings. The molecule has 2 rings (SSSR count). The second-order valence-corrected chi connectivity index (χ2v) is 6.00. The van der Waals surface area contributed by atoms with E-state index in [4.69, 9.17) is 24.1 Å². The molecule has 150 valence electrons. The number of aliphatic hydroxyl groups is 1. The maximum atomic E-state index is 12.1. The van der Waals surface area contributed by atoms with Gasteiger partial charge in [0.05, 0.1) is 29.7 Å². The molecule has 0 saturated carbocycles. The monoisotopic (exact) mass is 390 g/mol. The number of pyridine rings is 2. The second-order valence-electron chi connectivity index (χ2n) is 6.00. The Labute approximate surface area is 162 Å². The highest BCUT2D eigenvalue weighted by Crippen LogP contribution is 2.42. The van der Waals surface area contributed by atoms with E-state index >= 15 is 0 Å². The fraction of sp³-hybridized carbons (Fsp3) is 0.368. The van der Waals surface area contributed by atoms with Crippen LogP contribution in [0.5, 0.6) is 11.5 Å². The van der Waals surface area contributed by atoms with Crippen LogP contribution in [0.1, 0.15) is 25.2 Å². The van der Waals surface area contributed by atoms with Gasteiger partial charge in [-0.25, -0.2) is 9.59 Å². The normalized spacial score (nSPS) is 10.5. The third-order valence-electron chi connectivity index (χ3n) is 3.41. The highest BCUT2D eigenvalue weighted by atomic mass is 16.7. The van der Waals surface area contributed by atoms with Crippen molar-refractivity contribution in [2.75, 3.05) is 13.2 Å². The van der Waals surface area contributed by atoms with E-state index in [1.165, 1.54) is 6.20 Å². The number of nitrogens with zero attached hydrogens (tertiary/aromatic N) is 2. The maximum absolute atomic E-state index is 12.1. The lowest BCUT2D eigenvalue weighted by Crippen LogP contribution is -2.18. The molecule has 0 aromatic carbocycles. The van der Waals surface area contributed by atoms with Gasteiger partial charge in [0.25, 0.3) is 0 Å². The minimum atomic E-state index is -1.02. The van der Waals surface area contributed by atoms with Crippen LogP contribution in [-0.2, 0) is 9.47 Å². The minimum Gasteiger partial charge on any atom is -0.432 e. The van der Waals surface area contributed by atoms with Gasteiger partial charge in [-0.05, 0) is 33.8 Å². The van der Waals surface area contributed by atoms with E-state index in [0.29, 0.717) is 22.5 Å². The van der Waals surface area contributed by atoms with Crippen molar-refractivity contribution >= 4 is 12.3 Å². The number of hydrogen-bond acceptors (Lipinski definition) is 9. The molecule has 2 aromatic rings. The summed E-state index contributed by atoms with van der Waals surface area (Å²) in [6.45, 7) is 6.11. The lowest BCUT2D eigenvalue weighted by molar-refractivity contribution is 0.0725. The molecule has 28 heavy (non-hydrogen) atoms. The molecule has 0 spiro atoms. The molecule has 0 saturated heterocycles. The minimum absolute atomic E-state index is 0.0499. The molecular weight excluding hydrogens is 368 g/mol. The van der Waals surface area contributed by atoms with Crippen LogP contribution in [0, 0.1) is 13.8 Å². The molecule has 0 fully saturated rings. The Kier molecular flexibility index (Phi) is 7.28. The lowest BCUT2D eigenvalue weighted by Gasteiger charge is -2.18. The summed E-state index contributed by atoms with van der Waals surface area (Å²) >= 11 is 0. The van der Waals surface area contributed by atoms with E-state index < -0.39 is 12.3 Å². The van der Waals surface area contributed by atoms with E-state index in [2.05, 4.69) is 9.97 Å². The van der Waals surface area contributed by atoms with Gasteiger partial charge < -0.3 is 24.1 Å². The lowest BCUT2D eigenvalue weighted by atomic mass is 10.0. The molecule has 0 aliphatic heterocycles. The van der Waals surface area contributed by atoms with Gasteiger partial charge in [-0.3, -0.25) is 9.97 Å². The smallest absolute Gasteiger partial charge is 0.432 e. The van der Waals surface area contributed by atoms with Crippen molar-refractivity contribution in [2.45, 2.75) is 33.8 Å². The Bertz CT molecular complexity index is 838. The Morgan fingerprint density at radius 2 is 1.75 bits per heavy atom. The van der Waals surface area contributed by atoms with Gasteiger partial charge in [-0.15, -0.1) is 0 Å². The summed E-state index contributed by atoms with van der Waals surface area (Å²) in [7, 11) is 0. The highest BCUT2D eigenvalue weighted by Gasteiger charge is 2.25. The summed E-state index contributed by atoms with van der Waals surface area (Å²) in [4.78, 5) is 32.4. The molecule has 9 nitrogen and oxygen atoms in total. The zero-order chi connectivity index (χ0) is 20.7. The highest BCUT2D eigenvalue weighted by molar-refractivity contribution is 5.83. The van der Waals surface area contributed by atoms with Crippen molar-refractivity contribution in [1.29, 1.82) is 0 Å². The van der Waals surface area contributed by atoms with Crippen molar-refractivity contribution in [3.63, 3.8) is 0 Å². The Morgan fingerprint density at radius 1 is 1.11 bits per heavy atom. The van der Waals surface area contributed by atoms with Gasteiger partial charge in [0.1, 0.15) is 6.61 Å². The molecule has 2 heterocycles. The first-order chi connectivity index (χ1) is 13.3. The quantitative estimate of drug-likeness (QED) is 0.742. The van der Waals surface area contributed by atoms with E-state index in [1.807, 2.05) is 0 Å². The summed E-state index contributed by atoms with van der Waals surface area (Å²) in [5.41, 5.74) is 1.61. The Morgan fingerprint density at radius 3 is 2.29 bits per heavy atom. The van der Waals surface area contributed by atoms with Crippen LogP contribution in [0.3, 0.4) is 0 Å². The summed E-state index contributed by atoms with van der Waals surface area (Å²) in [5.74, 6) is 0.128. The zero-order valence-electron chi connectivity index (χ0n) is 16.1. The van der Waals surface area contributed by atoms with Gasteiger partial charge >= 0.3 is 12.3 Å². The van der Waals surface area contributed by atoms with Crippen LogP contribution < -0.4 is 9.47 Å². The standard InChI is InChI=1S/C19H22N2O7/c1-11(2)26-19(24)28-17-13(4)21-12(3)16(27-18(23)25-9-8-22)15(17)14-6-5-7-20-10-14/h5-7,10-11,22H,8-9H2,1-4H3. The van der Waals surface area contributed by atoms with E-state index in [1.54, 1.807) is 46.0 Å². The van der Waals surface area contributed by atoms with E-state index in [-0.39, 0.29) is 30.8 Å².